The van der Waals surface area contributed by atoms with Crippen LogP contribution in [0.5, 0.6) is 11.5 Å². The number of unbranched alkanes of at least 4 members (excludes halogenated alkanes) is 2. The number of phenols is 2. The average Bonchev–Trinajstić information content (AvgIpc) is 3.31. The second-order valence-corrected chi connectivity index (χ2v) is 17.8. The number of aromatic hydroxyl groups is 2. The van der Waals surface area contributed by atoms with Crippen molar-refractivity contribution in [2.75, 3.05) is 18.4 Å². The summed E-state index contributed by atoms with van der Waals surface area (Å²) in [5, 5.41) is 52.4. The van der Waals surface area contributed by atoms with Gasteiger partial charge in [0.25, 0.3) is 0 Å². The minimum absolute atomic E-state index is 0.0439. The van der Waals surface area contributed by atoms with Gasteiger partial charge in [-0.2, -0.15) is 0 Å². The molecule has 0 radical (unpaired) electrons. The van der Waals surface area contributed by atoms with Crippen LogP contribution in [-0.2, 0) is 38.6 Å². The van der Waals surface area contributed by atoms with Gasteiger partial charge in [0.1, 0.15) is 34.9 Å². The van der Waals surface area contributed by atoms with Crippen LogP contribution in [0, 0.1) is 13.8 Å². The Morgan fingerprint density at radius 1 is 0.829 bits per heavy atom. The molecule has 7 rings (SSSR count). The van der Waals surface area contributed by atoms with Gasteiger partial charge in [-0.3, -0.25) is 24.0 Å². The zero-order chi connectivity index (χ0) is 50.2. The molecule has 2 aliphatic heterocycles. The number of nitrogens with two attached hydrogens (primary N) is 1. The van der Waals surface area contributed by atoms with Crippen LogP contribution in [0.4, 0.5) is 5.69 Å². The third-order valence-electron chi connectivity index (χ3n) is 12.4. The molecule has 2 heterocycles. The van der Waals surface area contributed by atoms with E-state index in [9.17, 15) is 49.2 Å². The van der Waals surface area contributed by atoms with Crippen LogP contribution in [0.25, 0.3) is 33.4 Å². The normalized spacial score (nSPS) is 14.0. The molecule has 1 aliphatic carbocycles. The zero-order valence-corrected chi connectivity index (χ0v) is 39.4. The van der Waals surface area contributed by atoms with E-state index in [4.69, 9.17) is 22.4 Å². The highest BCUT2D eigenvalue weighted by Gasteiger charge is 2.38. The number of thiocarbonyl (C=S) groups is 1. The fourth-order valence-electron chi connectivity index (χ4n) is 8.91. The van der Waals surface area contributed by atoms with Crippen molar-refractivity contribution in [2.24, 2.45) is 5.73 Å². The molecule has 3 amide bonds. The van der Waals surface area contributed by atoms with E-state index in [2.05, 4.69) is 21.3 Å². The summed E-state index contributed by atoms with van der Waals surface area (Å²) in [7, 11) is 0. The van der Waals surface area contributed by atoms with Crippen LogP contribution in [0.1, 0.15) is 70.3 Å². The Bertz CT molecular complexity index is 3000. The number of aliphatic carboxylic acids is 1. The van der Waals surface area contributed by atoms with E-state index >= 15 is 0 Å². The summed E-state index contributed by atoms with van der Waals surface area (Å²) in [5.74, 6) is -3.71. The lowest BCUT2D eigenvalue weighted by Crippen LogP contribution is -2.59. The Morgan fingerprint density at radius 3 is 2.24 bits per heavy atom. The Labute approximate surface area is 408 Å². The van der Waals surface area contributed by atoms with Crippen LogP contribution in [-0.4, -0.2) is 91.3 Å². The second kappa shape index (κ2) is 22.1. The molecule has 17 nitrogen and oxygen atoms in total. The minimum Gasteiger partial charge on any atom is -0.508 e. The van der Waals surface area contributed by atoms with Crippen molar-refractivity contribution < 1.29 is 48.8 Å². The van der Waals surface area contributed by atoms with E-state index in [0.29, 0.717) is 53.6 Å². The van der Waals surface area contributed by atoms with Crippen LogP contribution in [0.2, 0.25) is 0 Å². The number of carboxylic acids is 2. The highest BCUT2D eigenvalue weighted by Crippen LogP contribution is 2.42. The Hall–Kier alpha value is -7.83. The van der Waals surface area contributed by atoms with Crippen molar-refractivity contribution in [3.63, 3.8) is 0 Å². The molecule has 4 aromatic rings. The van der Waals surface area contributed by atoms with Crippen LogP contribution in [0.3, 0.4) is 0 Å². The van der Waals surface area contributed by atoms with E-state index < -0.39 is 47.8 Å². The number of aromatic carboxylic acids is 1. The first-order valence-corrected chi connectivity index (χ1v) is 23.2. The number of fused-ring (bicyclic) bond motifs is 3. The monoisotopic (exact) mass is 970 g/mol. The first-order valence-electron chi connectivity index (χ1n) is 22.8. The van der Waals surface area contributed by atoms with Gasteiger partial charge in [-0.25, -0.2) is 4.79 Å². The summed E-state index contributed by atoms with van der Waals surface area (Å²) in [4.78, 5) is 79.5. The summed E-state index contributed by atoms with van der Waals surface area (Å²) >= 11 is 5.50. The third-order valence-corrected chi connectivity index (χ3v) is 12.7. The standard InChI is InChI=1S/C52H54N6O11S/c1-28-20-35(61)21-29(2)39(28)26-41(53)50(66)58-27-31-9-5-4-8-30(31)22-43(58)49(65)57-42(16-17-46(62)63)48(64)54-18-6-3-7-19-55-52(70)56-32-10-13-36(40(23-32)51(67)68)47-37-14-11-33(59)24-44(37)69-45-25-34(60)12-15-38(45)47/h4-5,8-15,20-21,23-25,41-43,59,61H,3,6-7,16-19,22,26-27,53H2,1-2H3,(H,54,64)(H,57,65)(H,62,63)(H,67,68)(H2,55,56,70)/t41-,42-,43-/m0/s1. The maximum absolute atomic E-state index is 14.1. The van der Waals surface area contributed by atoms with Crippen molar-refractivity contribution in [2.45, 2.75) is 83.5 Å². The molecular formula is C52H54N6O11S. The molecule has 3 atom stereocenters. The molecule has 364 valence electrons. The SMILES string of the molecule is Cc1cc(O)cc(C)c1C[C@H](N)C(=O)N1Cc2ccccc2C[C@H]1C(=O)N[C@@H](CCC(=O)O)C(=O)NCCCCCNC(=S)Nc1ccc(-c2c3ccc(=O)cc-3oc3cc(O)ccc23)c(C(=O)O)c1. The van der Waals surface area contributed by atoms with Gasteiger partial charge < -0.3 is 56.7 Å². The van der Waals surface area contributed by atoms with Crippen LogP contribution < -0.4 is 32.4 Å². The number of phenolic OH excluding ortho intramolecular Hbond substituents is 2. The van der Waals surface area contributed by atoms with Crippen molar-refractivity contribution in [3.8, 4) is 33.9 Å². The van der Waals surface area contributed by atoms with Crippen molar-refractivity contribution in [1.82, 2.24) is 20.9 Å². The zero-order valence-electron chi connectivity index (χ0n) is 38.5. The van der Waals surface area contributed by atoms with Crippen molar-refractivity contribution in [1.29, 1.82) is 0 Å². The number of nitrogens with zero attached hydrogens (tertiary/aromatic N) is 1. The van der Waals surface area contributed by atoms with Gasteiger partial charge in [-0.1, -0.05) is 30.3 Å². The molecular weight excluding hydrogens is 917 g/mol. The van der Waals surface area contributed by atoms with E-state index in [0.717, 1.165) is 27.8 Å². The van der Waals surface area contributed by atoms with Gasteiger partial charge in [0.15, 0.2) is 10.5 Å². The molecule has 0 saturated heterocycles. The van der Waals surface area contributed by atoms with E-state index in [1.54, 1.807) is 36.4 Å². The summed E-state index contributed by atoms with van der Waals surface area (Å²) in [5.41, 5.74) is 12.3. The lowest BCUT2D eigenvalue weighted by molar-refractivity contribution is -0.143. The number of carbonyl (C=O) groups excluding carboxylic acids is 3. The Morgan fingerprint density at radius 2 is 1.53 bits per heavy atom. The number of nitrogens with one attached hydrogen (secondary N) is 4. The summed E-state index contributed by atoms with van der Waals surface area (Å²) < 4.78 is 5.91. The molecule has 0 saturated carbocycles. The van der Waals surface area contributed by atoms with Gasteiger partial charge in [-0.15, -0.1) is 0 Å². The molecule has 4 aromatic carbocycles. The van der Waals surface area contributed by atoms with Crippen molar-refractivity contribution in [3.05, 3.63) is 135 Å². The number of anilines is 1. The smallest absolute Gasteiger partial charge is 0.336 e. The fraction of sp³-hybridized carbons (Fsp3) is 0.288. The van der Waals surface area contributed by atoms with Gasteiger partial charge in [0.05, 0.1) is 11.6 Å². The molecule has 0 bridgehead atoms. The Balaban J connectivity index is 0.922. The molecule has 0 fully saturated rings. The van der Waals surface area contributed by atoms with Gasteiger partial charge in [-0.05, 0) is 140 Å². The number of carboxylic acid groups (broad SMARTS) is 2. The first-order chi connectivity index (χ1) is 33.5. The highest BCUT2D eigenvalue weighted by atomic mass is 32.1. The number of carbonyl (C=O) groups is 5. The van der Waals surface area contributed by atoms with E-state index in [1.807, 2.05) is 38.1 Å². The topological polar surface area (TPSA) is 274 Å². The molecule has 3 aliphatic rings. The molecule has 10 N–H and O–H groups in total. The molecule has 0 spiro atoms. The maximum atomic E-state index is 14.1. The number of aryl methyl sites for hydroxylation is 2. The lowest BCUT2D eigenvalue weighted by Gasteiger charge is -2.38. The summed E-state index contributed by atoms with van der Waals surface area (Å²) in [6, 6.07) is 20.9. The summed E-state index contributed by atoms with van der Waals surface area (Å²) in [6.07, 6.45) is 1.59. The number of hydrogen-bond donors (Lipinski definition) is 9. The van der Waals surface area contributed by atoms with Crippen molar-refractivity contribution >= 4 is 63.6 Å². The highest BCUT2D eigenvalue weighted by molar-refractivity contribution is 7.80. The largest absolute Gasteiger partial charge is 0.508 e. The molecule has 0 aromatic heterocycles. The number of rotatable bonds is 18. The van der Waals surface area contributed by atoms with Crippen LogP contribution in [0.15, 0.2) is 100 Å². The quantitative estimate of drug-likeness (QED) is 0.0282. The number of benzene rings is 5. The number of hydrogen-bond acceptors (Lipinski definition) is 11. The second-order valence-electron chi connectivity index (χ2n) is 17.4. The predicted molar refractivity (Wildman–Crippen MR) is 267 cm³/mol. The average molecular weight is 971 g/mol. The number of amides is 3. The molecule has 18 heteroatoms. The van der Waals surface area contributed by atoms with Gasteiger partial charge >= 0.3 is 11.9 Å². The predicted octanol–water partition coefficient (Wildman–Crippen LogP) is 5.74. The summed E-state index contributed by atoms with van der Waals surface area (Å²) in [6.45, 7) is 4.43. The molecule has 0 unspecified atom stereocenters. The fourth-order valence-corrected chi connectivity index (χ4v) is 9.13. The Kier molecular flexibility index (Phi) is 15.8. The van der Waals surface area contributed by atoms with E-state index in [1.165, 1.54) is 35.2 Å². The van der Waals surface area contributed by atoms with Gasteiger partial charge in [0, 0.05) is 66.8 Å². The maximum Gasteiger partial charge on any atom is 0.336 e. The third kappa shape index (κ3) is 11.9. The van der Waals surface area contributed by atoms with Crippen LogP contribution >= 0.6 is 12.2 Å². The lowest BCUT2D eigenvalue weighted by atomic mass is 9.90. The van der Waals surface area contributed by atoms with E-state index in [-0.39, 0.29) is 77.7 Å². The first kappa shape index (κ1) is 50.1. The van der Waals surface area contributed by atoms with Gasteiger partial charge in [0.2, 0.25) is 17.7 Å². The minimum atomic E-state index is -1.20. The molecule has 70 heavy (non-hydrogen) atoms.